The van der Waals surface area contributed by atoms with Gasteiger partial charge in [-0.15, -0.1) is 24.0 Å². The molecule has 5 heteroatoms. The van der Waals surface area contributed by atoms with Gasteiger partial charge in [-0.2, -0.15) is 11.8 Å². The third-order valence-electron chi connectivity index (χ3n) is 3.25. The van der Waals surface area contributed by atoms with E-state index >= 15 is 0 Å². The number of hydrogen-bond acceptors (Lipinski definition) is 2. The molecule has 0 heterocycles. The molecule has 0 aliphatic rings. The van der Waals surface area contributed by atoms with Crippen LogP contribution in [0.15, 0.2) is 29.3 Å². The Bertz CT molecular complexity index is 447. The summed E-state index contributed by atoms with van der Waals surface area (Å²) in [6, 6.07) is 8.39. The summed E-state index contributed by atoms with van der Waals surface area (Å²) < 4.78 is 0.207. The first kappa shape index (κ1) is 20.6. The van der Waals surface area contributed by atoms with E-state index in [1.165, 1.54) is 11.1 Å². The monoisotopic (exact) mass is 421 g/mol. The molecule has 0 fully saturated rings. The highest BCUT2D eigenvalue weighted by Gasteiger charge is 2.15. The van der Waals surface area contributed by atoms with E-state index in [-0.39, 0.29) is 28.7 Å². The normalized spacial score (nSPS) is 11.8. The molecule has 1 rings (SSSR count). The maximum absolute atomic E-state index is 4.67. The summed E-state index contributed by atoms with van der Waals surface area (Å²) in [6.07, 6.45) is 2.14. The van der Waals surface area contributed by atoms with E-state index in [0.29, 0.717) is 6.54 Å². The van der Waals surface area contributed by atoms with Gasteiger partial charge in [-0.1, -0.05) is 24.3 Å². The highest BCUT2D eigenvalue weighted by molar-refractivity contribution is 14.0. The Morgan fingerprint density at radius 3 is 2.48 bits per heavy atom. The number of hydrogen-bond donors (Lipinski definition) is 2. The van der Waals surface area contributed by atoms with E-state index in [0.717, 1.165) is 19.0 Å². The molecule has 0 aliphatic heterocycles. The Morgan fingerprint density at radius 2 is 1.90 bits per heavy atom. The van der Waals surface area contributed by atoms with Crippen LogP contribution >= 0.6 is 35.7 Å². The van der Waals surface area contributed by atoms with Crippen molar-refractivity contribution in [2.45, 2.75) is 39.0 Å². The largest absolute Gasteiger partial charge is 0.357 e. The summed E-state index contributed by atoms with van der Waals surface area (Å²) in [4.78, 5) is 4.67. The van der Waals surface area contributed by atoms with Gasteiger partial charge in [0.2, 0.25) is 0 Å². The number of benzene rings is 1. The Morgan fingerprint density at radius 1 is 1.24 bits per heavy atom. The van der Waals surface area contributed by atoms with Gasteiger partial charge >= 0.3 is 0 Å². The number of nitrogens with zero attached hydrogens (tertiary/aromatic N) is 1. The predicted molar refractivity (Wildman–Crippen MR) is 107 cm³/mol. The van der Waals surface area contributed by atoms with Crippen molar-refractivity contribution >= 4 is 41.7 Å². The Labute approximate surface area is 150 Å². The molecule has 0 radical (unpaired) electrons. The number of halogens is 1. The molecule has 0 bridgehead atoms. The van der Waals surface area contributed by atoms with Crippen LogP contribution in [0.25, 0.3) is 0 Å². The van der Waals surface area contributed by atoms with Crippen LogP contribution in [-0.2, 0) is 6.54 Å². The zero-order chi connectivity index (χ0) is 15.0. The lowest BCUT2D eigenvalue weighted by atomic mass is 10.1. The van der Waals surface area contributed by atoms with Crippen LogP contribution in [0.5, 0.6) is 0 Å². The number of guanidine groups is 1. The molecule has 0 saturated heterocycles. The molecule has 0 aliphatic carbocycles. The molecule has 0 atom stereocenters. The fourth-order valence-corrected chi connectivity index (χ4v) is 1.88. The van der Waals surface area contributed by atoms with E-state index in [1.54, 1.807) is 0 Å². The van der Waals surface area contributed by atoms with Crippen molar-refractivity contribution in [2.75, 3.05) is 19.3 Å². The average Bonchev–Trinajstić information content (AvgIpc) is 2.43. The first-order valence-electron chi connectivity index (χ1n) is 7.10. The molecular formula is C16H28IN3S. The molecule has 21 heavy (non-hydrogen) atoms. The summed E-state index contributed by atoms with van der Waals surface area (Å²) >= 11 is 1.86. The molecule has 0 spiro atoms. The smallest absolute Gasteiger partial charge is 0.191 e. The van der Waals surface area contributed by atoms with Gasteiger partial charge in [-0.05, 0) is 45.1 Å². The number of aliphatic imine (C=N–C) groups is 1. The average molecular weight is 421 g/mol. The minimum absolute atomic E-state index is 0. The van der Waals surface area contributed by atoms with Gasteiger partial charge in [0.1, 0.15) is 0 Å². The first-order chi connectivity index (χ1) is 9.48. The van der Waals surface area contributed by atoms with Gasteiger partial charge < -0.3 is 10.6 Å². The van der Waals surface area contributed by atoms with E-state index in [9.17, 15) is 0 Å². The quantitative estimate of drug-likeness (QED) is 0.417. The van der Waals surface area contributed by atoms with Crippen LogP contribution in [0, 0.1) is 6.92 Å². The SMILES string of the molecule is CCNC(=NCc1ccccc1C)NCC(C)(C)SC.I. The van der Waals surface area contributed by atoms with Gasteiger partial charge in [0.05, 0.1) is 6.54 Å². The minimum Gasteiger partial charge on any atom is -0.357 e. The van der Waals surface area contributed by atoms with Crippen LogP contribution in [0.2, 0.25) is 0 Å². The van der Waals surface area contributed by atoms with Crippen molar-refractivity contribution in [3.63, 3.8) is 0 Å². The third-order valence-corrected chi connectivity index (χ3v) is 4.50. The lowest BCUT2D eigenvalue weighted by Crippen LogP contribution is -2.43. The Hall–Kier alpha value is -0.430. The van der Waals surface area contributed by atoms with Crippen molar-refractivity contribution in [1.82, 2.24) is 10.6 Å². The molecule has 0 saturated carbocycles. The predicted octanol–water partition coefficient (Wildman–Crippen LogP) is 3.81. The zero-order valence-electron chi connectivity index (χ0n) is 13.7. The van der Waals surface area contributed by atoms with Crippen LogP contribution in [0.4, 0.5) is 0 Å². The summed E-state index contributed by atoms with van der Waals surface area (Å²) in [7, 11) is 0. The number of rotatable bonds is 6. The lowest BCUT2D eigenvalue weighted by molar-refractivity contribution is 0.665. The van der Waals surface area contributed by atoms with E-state index < -0.39 is 0 Å². The van der Waals surface area contributed by atoms with Gasteiger partial charge in [0, 0.05) is 17.8 Å². The molecule has 120 valence electrons. The molecule has 3 nitrogen and oxygen atoms in total. The van der Waals surface area contributed by atoms with E-state index in [2.05, 4.69) is 73.8 Å². The van der Waals surface area contributed by atoms with Crippen LogP contribution in [0.1, 0.15) is 31.9 Å². The summed E-state index contributed by atoms with van der Waals surface area (Å²) in [6.45, 7) is 11.2. The lowest BCUT2D eigenvalue weighted by Gasteiger charge is -2.23. The van der Waals surface area contributed by atoms with Crippen molar-refractivity contribution in [3.05, 3.63) is 35.4 Å². The van der Waals surface area contributed by atoms with Crippen molar-refractivity contribution in [2.24, 2.45) is 4.99 Å². The van der Waals surface area contributed by atoms with E-state index in [4.69, 9.17) is 0 Å². The van der Waals surface area contributed by atoms with Gasteiger partial charge in [-0.3, -0.25) is 0 Å². The maximum Gasteiger partial charge on any atom is 0.191 e. The van der Waals surface area contributed by atoms with Crippen LogP contribution in [0.3, 0.4) is 0 Å². The van der Waals surface area contributed by atoms with Gasteiger partial charge in [-0.25, -0.2) is 4.99 Å². The molecule has 0 aromatic heterocycles. The third kappa shape index (κ3) is 7.95. The Balaban J connectivity index is 0.00000400. The molecule has 0 unspecified atom stereocenters. The number of aryl methyl sites for hydroxylation is 1. The second-order valence-corrected chi connectivity index (χ2v) is 6.95. The second-order valence-electron chi connectivity index (χ2n) is 5.44. The summed E-state index contributed by atoms with van der Waals surface area (Å²) in [5.74, 6) is 0.887. The molecule has 0 amide bonds. The second kappa shape index (κ2) is 10.3. The topological polar surface area (TPSA) is 36.4 Å². The molecular weight excluding hydrogens is 393 g/mol. The van der Waals surface area contributed by atoms with Crippen molar-refractivity contribution < 1.29 is 0 Å². The standard InChI is InChI=1S/C16H27N3S.HI/c1-6-17-15(19-12-16(3,4)20-5)18-11-14-10-8-7-9-13(14)2;/h7-10H,6,11-12H2,1-5H3,(H2,17,18,19);1H. The Kier molecular flexibility index (Phi) is 10.1. The maximum atomic E-state index is 4.67. The first-order valence-corrected chi connectivity index (χ1v) is 8.33. The highest BCUT2D eigenvalue weighted by atomic mass is 127. The summed E-state index contributed by atoms with van der Waals surface area (Å²) in [5.41, 5.74) is 2.56. The molecule has 2 N–H and O–H groups in total. The van der Waals surface area contributed by atoms with Crippen LogP contribution < -0.4 is 10.6 Å². The number of nitrogens with one attached hydrogen (secondary N) is 2. The van der Waals surface area contributed by atoms with Crippen molar-refractivity contribution in [3.8, 4) is 0 Å². The number of thioether (sulfide) groups is 1. The van der Waals surface area contributed by atoms with Gasteiger partial charge in [0.15, 0.2) is 5.96 Å². The fourth-order valence-electron chi connectivity index (χ4n) is 1.66. The van der Waals surface area contributed by atoms with Crippen molar-refractivity contribution in [1.29, 1.82) is 0 Å². The van der Waals surface area contributed by atoms with Crippen LogP contribution in [-0.4, -0.2) is 30.1 Å². The van der Waals surface area contributed by atoms with Gasteiger partial charge in [0.25, 0.3) is 0 Å². The molecule has 1 aromatic rings. The summed E-state index contributed by atoms with van der Waals surface area (Å²) in [5, 5.41) is 6.72. The molecule has 1 aromatic carbocycles. The zero-order valence-corrected chi connectivity index (χ0v) is 16.8. The fraction of sp³-hybridized carbons (Fsp3) is 0.562. The highest BCUT2D eigenvalue weighted by Crippen LogP contribution is 2.19. The minimum atomic E-state index is 0. The van der Waals surface area contributed by atoms with E-state index in [1.807, 2.05) is 11.8 Å².